The molecule has 148 valence electrons. The molecule has 1 aliphatic carbocycles. The molecule has 11 heteroatoms. The van der Waals surface area contributed by atoms with Crippen LogP contribution in [0.4, 0.5) is 35.3 Å². The number of aromatic nitrogens is 2. The third-order valence-electron chi connectivity index (χ3n) is 4.56. The first kappa shape index (κ1) is 19.5. The van der Waals surface area contributed by atoms with Crippen molar-refractivity contribution >= 4 is 23.4 Å². The normalized spacial score (nSPS) is 16.4. The number of nitrogens with two attached hydrogens (primary N) is 1. The van der Waals surface area contributed by atoms with Crippen LogP contribution in [0.5, 0.6) is 0 Å². The van der Waals surface area contributed by atoms with Gasteiger partial charge in [0.2, 0.25) is 5.95 Å². The average molecular weight is 395 g/mol. The summed E-state index contributed by atoms with van der Waals surface area (Å²) in [6, 6.07) is 3.82. The Morgan fingerprint density at radius 1 is 1.32 bits per heavy atom. The van der Waals surface area contributed by atoms with Crippen LogP contribution in [0.15, 0.2) is 24.3 Å². The Hall–Kier alpha value is -3.24. The first-order chi connectivity index (χ1) is 13.1. The second-order valence-corrected chi connectivity index (χ2v) is 6.44. The van der Waals surface area contributed by atoms with E-state index in [0.29, 0.717) is 17.7 Å². The first-order valence-electron chi connectivity index (χ1n) is 8.42. The number of fused-ring (bicyclic) bond motifs is 1. The van der Waals surface area contributed by atoms with Crippen molar-refractivity contribution in [3.05, 3.63) is 51.3 Å². The Morgan fingerprint density at radius 2 is 2.00 bits per heavy atom. The van der Waals surface area contributed by atoms with Crippen molar-refractivity contribution in [3.63, 3.8) is 0 Å². The van der Waals surface area contributed by atoms with Crippen molar-refractivity contribution in [2.24, 2.45) is 5.73 Å². The lowest BCUT2D eigenvalue weighted by Crippen LogP contribution is -2.35. The van der Waals surface area contributed by atoms with Crippen molar-refractivity contribution < 1.29 is 22.9 Å². The Kier molecular flexibility index (Phi) is 4.92. The number of benzene rings is 1. The lowest BCUT2D eigenvalue weighted by atomic mass is 9.85. The van der Waals surface area contributed by atoms with Gasteiger partial charge in [-0.15, -0.1) is 0 Å². The van der Waals surface area contributed by atoms with Gasteiger partial charge in [-0.25, -0.2) is 19.7 Å². The van der Waals surface area contributed by atoms with Crippen LogP contribution in [0, 0.1) is 10.1 Å². The van der Waals surface area contributed by atoms with Crippen LogP contribution in [0.2, 0.25) is 0 Å². The highest BCUT2D eigenvalue weighted by atomic mass is 19.4. The Labute approximate surface area is 157 Å². The summed E-state index contributed by atoms with van der Waals surface area (Å²) in [6.45, 7) is 1.66. The number of nitrogens with zero attached hydrogens (tertiary/aromatic N) is 4. The SMILES string of the molecule is CC1CCCc2nc(N(C(N)=O)c3ccccc3[N+](=O)[O-])nc(C(F)(F)F)c21. The van der Waals surface area contributed by atoms with Gasteiger partial charge in [0, 0.05) is 11.6 Å². The zero-order valence-electron chi connectivity index (χ0n) is 14.7. The molecule has 3 rings (SSSR count). The minimum atomic E-state index is -4.78. The van der Waals surface area contributed by atoms with Gasteiger partial charge in [0.05, 0.1) is 10.6 Å². The van der Waals surface area contributed by atoms with Crippen LogP contribution in [0.25, 0.3) is 0 Å². The van der Waals surface area contributed by atoms with Gasteiger partial charge in [0.1, 0.15) is 5.69 Å². The summed E-state index contributed by atoms with van der Waals surface area (Å²) in [5, 5.41) is 11.3. The van der Waals surface area contributed by atoms with Crippen molar-refractivity contribution in [1.82, 2.24) is 9.97 Å². The molecule has 2 amide bonds. The van der Waals surface area contributed by atoms with Crippen molar-refractivity contribution in [2.45, 2.75) is 38.3 Å². The minimum absolute atomic E-state index is 0.00511. The van der Waals surface area contributed by atoms with Crippen LogP contribution in [-0.2, 0) is 12.6 Å². The maximum atomic E-state index is 13.7. The van der Waals surface area contributed by atoms with Gasteiger partial charge in [0.25, 0.3) is 5.69 Å². The van der Waals surface area contributed by atoms with Gasteiger partial charge >= 0.3 is 12.2 Å². The van der Waals surface area contributed by atoms with E-state index in [1.54, 1.807) is 6.92 Å². The summed E-state index contributed by atoms with van der Waals surface area (Å²) in [4.78, 5) is 30.8. The molecule has 1 aliphatic rings. The molecule has 1 unspecified atom stereocenters. The van der Waals surface area contributed by atoms with Crippen molar-refractivity contribution in [2.75, 3.05) is 4.90 Å². The lowest BCUT2D eigenvalue weighted by Gasteiger charge is -2.27. The van der Waals surface area contributed by atoms with Crippen molar-refractivity contribution in [3.8, 4) is 0 Å². The zero-order valence-corrected chi connectivity index (χ0v) is 14.7. The number of aryl methyl sites for hydroxylation is 1. The summed E-state index contributed by atoms with van der Waals surface area (Å²) in [7, 11) is 0. The fourth-order valence-corrected chi connectivity index (χ4v) is 3.38. The van der Waals surface area contributed by atoms with Crippen LogP contribution in [-0.4, -0.2) is 20.9 Å². The van der Waals surface area contributed by atoms with Gasteiger partial charge in [-0.2, -0.15) is 13.2 Å². The number of amides is 2. The number of nitro benzene ring substituents is 1. The molecular weight excluding hydrogens is 379 g/mol. The second kappa shape index (κ2) is 7.06. The molecule has 1 atom stereocenters. The lowest BCUT2D eigenvalue weighted by molar-refractivity contribution is -0.384. The van der Waals surface area contributed by atoms with E-state index in [4.69, 9.17) is 5.73 Å². The number of para-hydroxylation sites is 2. The molecule has 0 bridgehead atoms. The summed E-state index contributed by atoms with van der Waals surface area (Å²) >= 11 is 0. The van der Waals surface area contributed by atoms with Gasteiger partial charge in [-0.3, -0.25) is 10.1 Å². The maximum Gasteiger partial charge on any atom is 0.433 e. The monoisotopic (exact) mass is 395 g/mol. The Morgan fingerprint density at radius 3 is 2.61 bits per heavy atom. The molecule has 8 nitrogen and oxygen atoms in total. The molecule has 1 heterocycles. The summed E-state index contributed by atoms with van der Waals surface area (Å²) in [6.07, 6.45) is -3.31. The topological polar surface area (TPSA) is 115 Å². The quantitative estimate of drug-likeness (QED) is 0.622. The molecule has 0 aliphatic heterocycles. The van der Waals surface area contributed by atoms with E-state index in [-0.39, 0.29) is 23.4 Å². The average Bonchev–Trinajstić information content (AvgIpc) is 2.60. The molecule has 2 aromatic rings. The predicted molar refractivity (Wildman–Crippen MR) is 93.2 cm³/mol. The van der Waals surface area contributed by atoms with Gasteiger partial charge < -0.3 is 5.73 Å². The van der Waals surface area contributed by atoms with E-state index in [1.165, 1.54) is 18.2 Å². The molecular formula is C17H16F3N5O3. The fraction of sp³-hybridized carbons (Fsp3) is 0.353. The molecule has 0 spiro atoms. The highest BCUT2D eigenvalue weighted by Crippen LogP contribution is 2.41. The number of hydrogen-bond donors (Lipinski definition) is 1. The maximum absolute atomic E-state index is 13.7. The molecule has 2 N–H and O–H groups in total. The van der Waals surface area contributed by atoms with Crippen LogP contribution >= 0.6 is 0 Å². The third kappa shape index (κ3) is 3.47. The van der Waals surface area contributed by atoms with Crippen LogP contribution in [0.1, 0.15) is 42.6 Å². The Bertz CT molecular complexity index is 948. The summed E-state index contributed by atoms with van der Waals surface area (Å²) in [5.41, 5.74) is 3.53. The molecule has 1 aromatic carbocycles. The predicted octanol–water partition coefficient (Wildman–Crippen LogP) is 4.06. The number of nitro groups is 1. The van der Waals surface area contributed by atoms with Gasteiger partial charge in [-0.05, 0) is 31.2 Å². The number of carbonyl (C=O) groups is 1. The van der Waals surface area contributed by atoms with E-state index in [0.717, 1.165) is 6.07 Å². The third-order valence-corrected chi connectivity index (χ3v) is 4.56. The largest absolute Gasteiger partial charge is 0.433 e. The molecule has 0 saturated carbocycles. The molecule has 1 aromatic heterocycles. The highest BCUT2D eigenvalue weighted by Gasteiger charge is 2.41. The van der Waals surface area contributed by atoms with Crippen LogP contribution < -0.4 is 10.6 Å². The van der Waals surface area contributed by atoms with Crippen molar-refractivity contribution in [1.29, 1.82) is 0 Å². The highest BCUT2D eigenvalue weighted by molar-refractivity contribution is 5.98. The van der Waals surface area contributed by atoms with E-state index < -0.39 is 40.4 Å². The van der Waals surface area contributed by atoms with Gasteiger partial charge in [-0.1, -0.05) is 19.1 Å². The number of hydrogen-bond acceptors (Lipinski definition) is 5. The van der Waals surface area contributed by atoms with E-state index in [1.807, 2.05) is 0 Å². The molecule has 0 radical (unpaired) electrons. The number of anilines is 2. The number of primary amides is 1. The second-order valence-electron chi connectivity index (χ2n) is 6.44. The van der Waals surface area contributed by atoms with E-state index in [2.05, 4.69) is 9.97 Å². The number of halogens is 3. The van der Waals surface area contributed by atoms with E-state index in [9.17, 15) is 28.1 Å². The molecule has 28 heavy (non-hydrogen) atoms. The fourth-order valence-electron chi connectivity index (χ4n) is 3.38. The number of urea groups is 1. The molecule has 0 fully saturated rings. The summed E-state index contributed by atoms with van der Waals surface area (Å²) < 4.78 is 41.0. The standard InChI is InChI=1S/C17H16F3N5O3/c1-9-5-4-6-10-13(9)14(17(18,19)20)23-16(22-10)24(15(21)26)11-7-2-3-8-12(11)25(27)28/h2-3,7-9H,4-6H2,1H3,(H2,21,26). The number of carbonyl (C=O) groups excluding carboxylic acids is 1. The Balaban J connectivity index is 2.27. The zero-order chi connectivity index (χ0) is 20.6. The first-order valence-corrected chi connectivity index (χ1v) is 8.42. The number of alkyl halides is 3. The minimum Gasteiger partial charge on any atom is -0.351 e. The molecule has 0 saturated heterocycles. The summed E-state index contributed by atoms with van der Waals surface area (Å²) in [5.74, 6) is -1.04. The van der Waals surface area contributed by atoms with Gasteiger partial charge in [0.15, 0.2) is 5.69 Å². The smallest absolute Gasteiger partial charge is 0.351 e. The van der Waals surface area contributed by atoms with E-state index >= 15 is 0 Å². The van der Waals surface area contributed by atoms with Crippen LogP contribution in [0.3, 0.4) is 0 Å². The number of rotatable bonds is 3.